The molecule has 188 valence electrons. The lowest BCUT2D eigenvalue weighted by molar-refractivity contribution is 0.0717. The van der Waals surface area contributed by atoms with Gasteiger partial charge in [0.1, 0.15) is 5.58 Å². The summed E-state index contributed by atoms with van der Waals surface area (Å²) in [5, 5.41) is 7.39. The van der Waals surface area contributed by atoms with Crippen molar-refractivity contribution >= 4 is 74.7 Å². The average Bonchev–Trinajstić information content (AvgIpc) is 3.33. The molecule has 1 fully saturated rings. The lowest BCUT2D eigenvalue weighted by atomic mass is 10.2. The van der Waals surface area contributed by atoms with Crippen molar-refractivity contribution < 1.29 is 14.0 Å². The average molecular weight is 553 g/mol. The van der Waals surface area contributed by atoms with Crippen LogP contribution in [0.1, 0.15) is 20.9 Å². The molecule has 0 saturated carbocycles. The molecule has 37 heavy (non-hydrogen) atoms. The van der Waals surface area contributed by atoms with Crippen LogP contribution in [-0.4, -0.2) is 48.0 Å². The van der Waals surface area contributed by atoms with E-state index in [-0.39, 0.29) is 21.6 Å². The van der Waals surface area contributed by atoms with Crippen molar-refractivity contribution in [3.63, 3.8) is 0 Å². The highest BCUT2D eigenvalue weighted by atomic mass is 35.5. The van der Waals surface area contributed by atoms with E-state index in [1.165, 1.54) is 6.07 Å². The summed E-state index contributed by atoms with van der Waals surface area (Å²) in [6.45, 7) is 2.60. The number of nitrogens with zero attached hydrogens (tertiary/aromatic N) is 2. The molecule has 0 aliphatic carbocycles. The normalized spacial score (nSPS) is 13.5. The highest BCUT2D eigenvalue weighted by Gasteiger charge is 2.24. The number of rotatable bonds is 4. The Hall–Kier alpha value is -3.59. The Kier molecular flexibility index (Phi) is 7.32. The van der Waals surface area contributed by atoms with Gasteiger partial charge >= 0.3 is 0 Å². The third-order valence-corrected chi connectivity index (χ3v) is 6.85. The number of para-hydroxylation sites is 1. The van der Waals surface area contributed by atoms with E-state index in [2.05, 4.69) is 15.5 Å². The van der Waals surface area contributed by atoms with Gasteiger partial charge in [0.25, 0.3) is 11.8 Å². The van der Waals surface area contributed by atoms with Gasteiger partial charge < -0.3 is 19.5 Å². The van der Waals surface area contributed by atoms with Gasteiger partial charge in [0, 0.05) is 48.0 Å². The summed E-state index contributed by atoms with van der Waals surface area (Å²) in [7, 11) is 0. The van der Waals surface area contributed by atoms with Gasteiger partial charge in [-0.15, -0.1) is 0 Å². The molecule has 0 atom stereocenters. The van der Waals surface area contributed by atoms with E-state index in [0.717, 1.165) is 16.8 Å². The number of carbonyl (C=O) groups is 2. The van der Waals surface area contributed by atoms with Crippen molar-refractivity contribution in [2.24, 2.45) is 0 Å². The first-order valence-corrected chi connectivity index (χ1v) is 12.7. The van der Waals surface area contributed by atoms with E-state index in [9.17, 15) is 9.59 Å². The molecule has 1 aliphatic heterocycles. The number of amides is 2. The molecule has 4 aromatic rings. The standard InChI is InChI=1S/C27H22Cl2N4O3S/c28-18-5-10-21(22(29)16-18)25(34)31-27(37)30-19-6-8-20(9-7-19)32-11-13-33(14-12-32)26(35)24-15-17-3-1-2-4-23(17)36-24/h1-10,15-16H,11-14H2,(H2,30,31,34,37). The number of halogens is 2. The first-order valence-electron chi connectivity index (χ1n) is 11.6. The minimum absolute atomic E-state index is 0.0918. The van der Waals surface area contributed by atoms with Crippen molar-refractivity contribution in [3.05, 3.63) is 94.2 Å². The van der Waals surface area contributed by atoms with Crippen LogP contribution in [0.4, 0.5) is 11.4 Å². The van der Waals surface area contributed by atoms with Crippen LogP contribution in [0.2, 0.25) is 10.0 Å². The van der Waals surface area contributed by atoms with Crippen LogP contribution in [0.15, 0.2) is 77.2 Å². The highest BCUT2D eigenvalue weighted by molar-refractivity contribution is 7.80. The summed E-state index contributed by atoms with van der Waals surface area (Å²) in [5.41, 5.74) is 2.76. The zero-order valence-electron chi connectivity index (χ0n) is 19.5. The predicted octanol–water partition coefficient (Wildman–Crippen LogP) is 5.83. The SMILES string of the molecule is O=C(NC(=S)Nc1ccc(N2CCN(C(=O)c3cc4ccccc4o3)CC2)cc1)c1ccc(Cl)cc1Cl. The van der Waals surface area contributed by atoms with Gasteiger partial charge in [-0.3, -0.25) is 14.9 Å². The lowest BCUT2D eigenvalue weighted by Crippen LogP contribution is -2.48. The molecule has 2 amide bonds. The molecule has 5 rings (SSSR count). The number of fused-ring (bicyclic) bond motifs is 1. The third-order valence-electron chi connectivity index (χ3n) is 6.10. The van der Waals surface area contributed by atoms with Crippen molar-refractivity contribution in [2.75, 3.05) is 36.4 Å². The van der Waals surface area contributed by atoms with E-state index in [1.54, 1.807) is 18.2 Å². The van der Waals surface area contributed by atoms with E-state index < -0.39 is 5.91 Å². The maximum atomic E-state index is 12.9. The number of benzene rings is 3. The fraction of sp³-hybridized carbons (Fsp3) is 0.148. The van der Waals surface area contributed by atoms with Crippen LogP contribution in [0.3, 0.4) is 0 Å². The molecule has 0 bridgehead atoms. The molecule has 1 aliphatic rings. The Morgan fingerprint density at radius 3 is 2.32 bits per heavy atom. The number of anilines is 2. The Bertz CT molecular complexity index is 1450. The number of furan rings is 1. The van der Waals surface area contributed by atoms with Gasteiger partial charge in [-0.1, -0.05) is 41.4 Å². The first kappa shape index (κ1) is 25.1. The van der Waals surface area contributed by atoms with Gasteiger partial charge in [0.2, 0.25) is 0 Å². The van der Waals surface area contributed by atoms with Crippen molar-refractivity contribution in [2.45, 2.75) is 0 Å². The second kappa shape index (κ2) is 10.8. The molecule has 7 nitrogen and oxygen atoms in total. The molecular weight excluding hydrogens is 531 g/mol. The molecular formula is C27H22Cl2N4O3S. The van der Waals surface area contributed by atoms with E-state index in [4.69, 9.17) is 39.8 Å². The molecule has 1 aromatic heterocycles. The summed E-state index contributed by atoms with van der Waals surface area (Å²) in [4.78, 5) is 29.4. The zero-order chi connectivity index (χ0) is 25.9. The fourth-order valence-electron chi connectivity index (χ4n) is 4.17. The topological polar surface area (TPSA) is 77.8 Å². The molecule has 0 spiro atoms. The molecule has 0 unspecified atom stereocenters. The lowest BCUT2D eigenvalue weighted by Gasteiger charge is -2.35. The summed E-state index contributed by atoms with van der Waals surface area (Å²) in [6.07, 6.45) is 0. The molecule has 3 aromatic carbocycles. The molecule has 2 N–H and O–H groups in total. The molecule has 1 saturated heterocycles. The Labute approximate surface area is 228 Å². The van der Waals surface area contributed by atoms with Crippen LogP contribution < -0.4 is 15.5 Å². The molecule has 10 heteroatoms. The highest BCUT2D eigenvalue weighted by Crippen LogP contribution is 2.24. The monoisotopic (exact) mass is 552 g/mol. The quantitative estimate of drug-likeness (QED) is 0.310. The number of carbonyl (C=O) groups excluding carboxylic acids is 2. The number of nitrogens with one attached hydrogen (secondary N) is 2. The maximum Gasteiger partial charge on any atom is 0.289 e. The van der Waals surface area contributed by atoms with Crippen molar-refractivity contribution in [1.29, 1.82) is 0 Å². The molecule has 0 radical (unpaired) electrons. The van der Waals surface area contributed by atoms with Gasteiger partial charge in [-0.05, 0) is 66.8 Å². The number of thiocarbonyl (C=S) groups is 1. The first-order chi connectivity index (χ1) is 17.9. The van der Waals surface area contributed by atoms with E-state index >= 15 is 0 Å². The van der Waals surface area contributed by atoms with Gasteiger partial charge in [0.15, 0.2) is 10.9 Å². The summed E-state index contributed by atoms with van der Waals surface area (Å²) >= 11 is 17.2. The van der Waals surface area contributed by atoms with Crippen molar-refractivity contribution in [3.8, 4) is 0 Å². The Morgan fingerprint density at radius 1 is 0.892 bits per heavy atom. The fourth-order valence-corrected chi connectivity index (χ4v) is 4.88. The number of hydrogen-bond acceptors (Lipinski definition) is 5. The van der Waals surface area contributed by atoms with E-state index in [0.29, 0.717) is 42.5 Å². The minimum Gasteiger partial charge on any atom is -0.451 e. The zero-order valence-corrected chi connectivity index (χ0v) is 21.9. The van der Waals surface area contributed by atoms with Crippen LogP contribution in [-0.2, 0) is 0 Å². The third kappa shape index (κ3) is 5.72. The van der Waals surface area contributed by atoms with Gasteiger partial charge in [0.05, 0.1) is 10.6 Å². The van der Waals surface area contributed by atoms with E-state index in [1.807, 2.05) is 53.4 Å². The number of piperazine rings is 1. The van der Waals surface area contributed by atoms with Crippen LogP contribution in [0, 0.1) is 0 Å². The smallest absolute Gasteiger partial charge is 0.289 e. The van der Waals surface area contributed by atoms with Crippen LogP contribution in [0.25, 0.3) is 11.0 Å². The minimum atomic E-state index is -0.425. The summed E-state index contributed by atoms with van der Waals surface area (Å²) in [6, 6.07) is 21.7. The van der Waals surface area contributed by atoms with Gasteiger partial charge in [-0.2, -0.15) is 0 Å². The molecule has 2 heterocycles. The Morgan fingerprint density at radius 2 is 1.62 bits per heavy atom. The summed E-state index contributed by atoms with van der Waals surface area (Å²) < 4.78 is 5.74. The predicted molar refractivity (Wildman–Crippen MR) is 151 cm³/mol. The van der Waals surface area contributed by atoms with Gasteiger partial charge in [-0.25, -0.2) is 0 Å². The second-order valence-corrected chi connectivity index (χ2v) is 9.76. The number of hydrogen-bond donors (Lipinski definition) is 2. The second-order valence-electron chi connectivity index (χ2n) is 8.51. The Balaban J connectivity index is 1.14. The largest absolute Gasteiger partial charge is 0.451 e. The van der Waals surface area contributed by atoms with Crippen LogP contribution in [0.5, 0.6) is 0 Å². The maximum absolute atomic E-state index is 12.9. The van der Waals surface area contributed by atoms with Crippen LogP contribution >= 0.6 is 35.4 Å². The van der Waals surface area contributed by atoms with Crippen molar-refractivity contribution in [1.82, 2.24) is 10.2 Å². The summed E-state index contributed by atoms with van der Waals surface area (Å²) in [5.74, 6) is -0.150.